The van der Waals surface area contributed by atoms with E-state index in [9.17, 15) is 4.79 Å². The van der Waals surface area contributed by atoms with Crippen LogP contribution in [0.4, 0.5) is 5.13 Å². The van der Waals surface area contributed by atoms with Crippen LogP contribution < -0.4 is 5.32 Å². The second kappa shape index (κ2) is 6.99. The van der Waals surface area contributed by atoms with Crippen molar-refractivity contribution in [3.05, 3.63) is 46.5 Å². The summed E-state index contributed by atoms with van der Waals surface area (Å²) in [5.74, 6) is -0.0740. The molecule has 0 spiro atoms. The summed E-state index contributed by atoms with van der Waals surface area (Å²) in [6.45, 7) is 3.69. The molecule has 0 unspecified atom stereocenters. The number of carbonyl (C=O) groups excluding carboxylic acids is 1. The Hall–Kier alpha value is -2.21. The van der Waals surface area contributed by atoms with Crippen molar-refractivity contribution < 1.29 is 10.0 Å². The molecular weight excluding hydrogens is 286 g/mol. The number of aryl methyl sites for hydroxylation is 2. The molecule has 0 atom stereocenters. The monoisotopic (exact) mass is 303 g/mol. The van der Waals surface area contributed by atoms with Crippen molar-refractivity contribution in [2.75, 3.05) is 5.32 Å². The summed E-state index contributed by atoms with van der Waals surface area (Å²) in [7, 11) is 0. The predicted octanol–water partition coefficient (Wildman–Crippen LogP) is 3.22. The minimum Gasteiger partial charge on any atom is -0.411 e. The van der Waals surface area contributed by atoms with Gasteiger partial charge in [0.05, 0.1) is 0 Å². The largest absolute Gasteiger partial charge is 0.411 e. The molecule has 110 valence electrons. The first-order valence-corrected chi connectivity index (χ1v) is 7.46. The number of hydrogen-bond acceptors (Lipinski definition) is 5. The highest BCUT2D eigenvalue weighted by Crippen LogP contribution is 2.16. The van der Waals surface area contributed by atoms with Gasteiger partial charge in [0.1, 0.15) is 11.4 Å². The average Bonchev–Trinajstić information content (AvgIpc) is 2.94. The SMILES string of the molecule is CC(=NO)c1csc(NC(=O)CCc2ccc(C)cc2)n1. The third-order valence-electron chi connectivity index (χ3n) is 3.03. The first kappa shape index (κ1) is 15.2. The fourth-order valence-corrected chi connectivity index (χ4v) is 2.51. The molecule has 0 bridgehead atoms. The van der Waals surface area contributed by atoms with Crippen molar-refractivity contribution in [1.29, 1.82) is 0 Å². The summed E-state index contributed by atoms with van der Waals surface area (Å²) < 4.78 is 0. The lowest BCUT2D eigenvalue weighted by molar-refractivity contribution is -0.116. The summed E-state index contributed by atoms with van der Waals surface area (Å²) in [6.07, 6.45) is 1.10. The molecule has 0 saturated carbocycles. The molecule has 0 fully saturated rings. The Labute approximate surface area is 127 Å². The Bertz CT molecular complexity index is 647. The van der Waals surface area contributed by atoms with Crippen LogP contribution in [0.25, 0.3) is 0 Å². The molecule has 0 aliphatic heterocycles. The standard InChI is InChI=1S/C15H17N3O2S/c1-10-3-5-12(6-4-10)7-8-14(19)17-15-16-13(9-21-15)11(2)18-20/h3-6,9,20H,7-8H2,1-2H3,(H,16,17,19). The van der Waals surface area contributed by atoms with Crippen LogP contribution in [0.2, 0.25) is 0 Å². The molecule has 2 aromatic rings. The van der Waals surface area contributed by atoms with Gasteiger partial charge in [-0.1, -0.05) is 35.0 Å². The Balaban J connectivity index is 1.87. The highest BCUT2D eigenvalue weighted by Gasteiger charge is 2.08. The number of nitrogens with zero attached hydrogens (tertiary/aromatic N) is 2. The van der Waals surface area contributed by atoms with E-state index in [2.05, 4.69) is 15.5 Å². The van der Waals surface area contributed by atoms with E-state index < -0.39 is 0 Å². The van der Waals surface area contributed by atoms with Crippen molar-refractivity contribution >= 4 is 28.1 Å². The van der Waals surface area contributed by atoms with Crippen LogP contribution in [0.15, 0.2) is 34.8 Å². The molecule has 0 aliphatic rings. The minimum atomic E-state index is -0.0740. The number of amides is 1. The van der Waals surface area contributed by atoms with Crippen LogP contribution in [0.3, 0.4) is 0 Å². The lowest BCUT2D eigenvalue weighted by atomic mass is 10.1. The van der Waals surface area contributed by atoms with E-state index in [0.717, 1.165) is 5.56 Å². The average molecular weight is 303 g/mol. The molecule has 2 rings (SSSR count). The maximum atomic E-state index is 11.9. The molecule has 1 aromatic heterocycles. The van der Waals surface area contributed by atoms with Gasteiger partial charge in [0.15, 0.2) is 5.13 Å². The summed E-state index contributed by atoms with van der Waals surface area (Å²) >= 11 is 1.31. The Morgan fingerprint density at radius 2 is 2.10 bits per heavy atom. The fraction of sp³-hybridized carbons (Fsp3) is 0.267. The van der Waals surface area contributed by atoms with Crippen LogP contribution >= 0.6 is 11.3 Å². The van der Waals surface area contributed by atoms with Crippen LogP contribution in [0.5, 0.6) is 0 Å². The van der Waals surface area contributed by atoms with Gasteiger partial charge in [-0.2, -0.15) is 0 Å². The summed E-state index contributed by atoms with van der Waals surface area (Å²) in [4.78, 5) is 16.1. The lowest BCUT2D eigenvalue weighted by Crippen LogP contribution is -2.12. The van der Waals surface area contributed by atoms with Crippen molar-refractivity contribution in [1.82, 2.24) is 4.98 Å². The summed E-state index contributed by atoms with van der Waals surface area (Å²) in [5, 5.41) is 16.8. The number of nitrogens with one attached hydrogen (secondary N) is 1. The van der Waals surface area contributed by atoms with Gasteiger partial charge < -0.3 is 10.5 Å². The van der Waals surface area contributed by atoms with Gasteiger partial charge in [-0.25, -0.2) is 4.98 Å². The van der Waals surface area contributed by atoms with Gasteiger partial charge in [0, 0.05) is 11.8 Å². The molecule has 0 aliphatic carbocycles. The van der Waals surface area contributed by atoms with E-state index in [-0.39, 0.29) is 5.91 Å². The van der Waals surface area contributed by atoms with Gasteiger partial charge >= 0.3 is 0 Å². The number of thiazole rings is 1. The van der Waals surface area contributed by atoms with Crippen molar-refractivity contribution in [2.24, 2.45) is 5.16 Å². The highest BCUT2D eigenvalue weighted by atomic mass is 32.1. The van der Waals surface area contributed by atoms with E-state index >= 15 is 0 Å². The molecule has 2 N–H and O–H groups in total. The Kier molecular flexibility index (Phi) is 5.05. The summed E-state index contributed by atoms with van der Waals surface area (Å²) in [5.41, 5.74) is 3.33. The Morgan fingerprint density at radius 1 is 1.38 bits per heavy atom. The van der Waals surface area contributed by atoms with Crippen LogP contribution in [0.1, 0.15) is 30.2 Å². The second-order valence-corrected chi connectivity index (χ2v) is 5.62. The van der Waals surface area contributed by atoms with Crippen LogP contribution in [0, 0.1) is 6.92 Å². The number of rotatable bonds is 5. The van der Waals surface area contributed by atoms with E-state index in [1.54, 1.807) is 12.3 Å². The van der Waals surface area contributed by atoms with Crippen molar-refractivity contribution in [3.63, 3.8) is 0 Å². The zero-order valence-electron chi connectivity index (χ0n) is 12.0. The highest BCUT2D eigenvalue weighted by molar-refractivity contribution is 7.14. The van der Waals surface area contributed by atoms with Crippen molar-refractivity contribution in [2.45, 2.75) is 26.7 Å². The molecule has 21 heavy (non-hydrogen) atoms. The smallest absolute Gasteiger partial charge is 0.226 e. The first-order valence-electron chi connectivity index (χ1n) is 6.58. The van der Waals surface area contributed by atoms with E-state index in [1.165, 1.54) is 16.9 Å². The zero-order valence-corrected chi connectivity index (χ0v) is 12.8. The molecule has 1 amide bonds. The van der Waals surface area contributed by atoms with Gasteiger partial charge in [0.2, 0.25) is 5.91 Å². The molecule has 1 aromatic carbocycles. The number of carbonyl (C=O) groups is 1. The molecular formula is C15H17N3O2S. The molecule has 6 heteroatoms. The normalized spacial score (nSPS) is 11.4. The van der Waals surface area contributed by atoms with E-state index in [4.69, 9.17) is 5.21 Å². The first-order chi connectivity index (χ1) is 10.1. The zero-order chi connectivity index (χ0) is 15.2. The van der Waals surface area contributed by atoms with E-state index in [1.807, 2.05) is 31.2 Å². The maximum absolute atomic E-state index is 11.9. The predicted molar refractivity (Wildman–Crippen MR) is 84.2 cm³/mol. The molecule has 5 nitrogen and oxygen atoms in total. The quantitative estimate of drug-likeness (QED) is 0.506. The molecule has 0 radical (unpaired) electrons. The Morgan fingerprint density at radius 3 is 2.76 bits per heavy atom. The second-order valence-electron chi connectivity index (χ2n) is 4.76. The van der Waals surface area contributed by atoms with Crippen molar-refractivity contribution in [3.8, 4) is 0 Å². The number of hydrogen-bond donors (Lipinski definition) is 2. The minimum absolute atomic E-state index is 0.0740. The number of oxime groups is 1. The number of anilines is 1. The van der Waals surface area contributed by atoms with E-state index in [0.29, 0.717) is 29.4 Å². The summed E-state index contributed by atoms with van der Waals surface area (Å²) in [6, 6.07) is 8.14. The van der Waals surface area contributed by atoms with Gasteiger partial charge in [-0.3, -0.25) is 4.79 Å². The maximum Gasteiger partial charge on any atom is 0.226 e. The lowest BCUT2D eigenvalue weighted by Gasteiger charge is -2.03. The fourth-order valence-electron chi connectivity index (χ4n) is 1.74. The van der Waals surface area contributed by atoms with Gasteiger partial charge in [-0.05, 0) is 25.8 Å². The third-order valence-corrected chi connectivity index (χ3v) is 3.79. The van der Waals surface area contributed by atoms with Crippen LogP contribution in [-0.2, 0) is 11.2 Å². The number of benzene rings is 1. The molecule has 1 heterocycles. The topological polar surface area (TPSA) is 74.6 Å². The van der Waals surface area contributed by atoms with Gasteiger partial charge in [-0.15, -0.1) is 11.3 Å². The van der Waals surface area contributed by atoms with Gasteiger partial charge in [0.25, 0.3) is 0 Å². The molecule has 0 saturated heterocycles. The third kappa shape index (κ3) is 4.39. The van der Waals surface area contributed by atoms with Crippen LogP contribution in [-0.4, -0.2) is 21.8 Å². The number of aromatic nitrogens is 1.